The van der Waals surface area contributed by atoms with Gasteiger partial charge < -0.3 is 14.2 Å². The second-order valence-corrected chi connectivity index (χ2v) is 5.79. The van der Waals surface area contributed by atoms with Crippen molar-refractivity contribution in [3.8, 4) is 11.5 Å². The number of aryl methyl sites for hydroxylation is 1. The Morgan fingerprint density at radius 2 is 1.92 bits per heavy atom. The second kappa shape index (κ2) is 5.69. The molecule has 0 aliphatic carbocycles. The molecule has 2 aliphatic heterocycles. The van der Waals surface area contributed by atoms with E-state index in [2.05, 4.69) is 4.99 Å². The molecule has 0 atom stereocenters. The Kier molecular flexibility index (Phi) is 3.50. The lowest BCUT2D eigenvalue weighted by molar-refractivity contribution is -0.129. The number of benzene rings is 2. The minimum absolute atomic E-state index is 0.156. The van der Waals surface area contributed by atoms with E-state index in [4.69, 9.17) is 25.8 Å². The van der Waals surface area contributed by atoms with Gasteiger partial charge >= 0.3 is 5.97 Å². The summed E-state index contributed by atoms with van der Waals surface area (Å²) in [4.78, 5) is 16.4. The summed E-state index contributed by atoms with van der Waals surface area (Å²) < 4.78 is 15.9. The number of fused-ring (bicyclic) bond motifs is 1. The van der Waals surface area contributed by atoms with Gasteiger partial charge in [0.25, 0.3) is 0 Å². The number of nitrogens with zero attached hydrogens (tertiary/aromatic N) is 1. The molecule has 0 amide bonds. The molecule has 120 valence electrons. The molecule has 0 saturated carbocycles. The number of cyclic esters (lactones) is 1. The molecule has 24 heavy (non-hydrogen) atoms. The van der Waals surface area contributed by atoms with Crippen LogP contribution in [0.15, 0.2) is 47.1 Å². The first-order valence-electron chi connectivity index (χ1n) is 7.29. The van der Waals surface area contributed by atoms with Crippen LogP contribution in [0.2, 0.25) is 5.02 Å². The maximum atomic E-state index is 12.1. The molecule has 0 unspecified atom stereocenters. The van der Waals surface area contributed by atoms with Gasteiger partial charge in [-0.1, -0.05) is 29.8 Å². The van der Waals surface area contributed by atoms with E-state index < -0.39 is 5.97 Å². The monoisotopic (exact) mass is 341 g/mol. The first kappa shape index (κ1) is 14.8. The van der Waals surface area contributed by atoms with Crippen LogP contribution in [0.3, 0.4) is 0 Å². The van der Waals surface area contributed by atoms with Crippen molar-refractivity contribution in [1.82, 2.24) is 0 Å². The van der Waals surface area contributed by atoms with Crippen LogP contribution < -0.4 is 9.47 Å². The predicted molar refractivity (Wildman–Crippen MR) is 89.4 cm³/mol. The number of rotatable bonds is 2. The number of esters is 1. The summed E-state index contributed by atoms with van der Waals surface area (Å²) in [5.41, 5.74) is 2.56. The zero-order valence-electron chi connectivity index (χ0n) is 12.7. The quantitative estimate of drug-likeness (QED) is 0.617. The standard InChI is InChI=1S/C18H12ClNO4/c1-10-4-2-3-5-12(10)17-20-14(18(21)24-17)6-11-7-15-16(8-13(11)19)23-9-22-15/h2-8H,9H2,1H3/b14-6+. The molecule has 0 spiro atoms. The topological polar surface area (TPSA) is 57.1 Å². The lowest BCUT2D eigenvalue weighted by Crippen LogP contribution is -2.06. The largest absolute Gasteiger partial charge is 0.454 e. The van der Waals surface area contributed by atoms with Crippen LogP contribution in [0.1, 0.15) is 16.7 Å². The summed E-state index contributed by atoms with van der Waals surface area (Å²) in [6.07, 6.45) is 1.58. The maximum Gasteiger partial charge on any atom is 0.363 e. The Morgan fingerprint density at radius 3 is 2.71 bits per heavy atom. The Hall–Kier alpha value is -2.79. The van der Waals surface area contributed by atoms with Crippen LogP contribution in [-0.4, -0.2) is 18.7 Å². The highest BCUT2D eigenvalue weighted by Crippen LogP contribution is 2.38. The van der Waals surface area contributed by atoms with E-state index in [-0.39, 0.29) is 12.5 Å². The summed E-state index contributed by atoms with van der Waals surface area (Å²) in [5.74, 6) is 0.948. The van der Waals surface area contributed by atoms with Crippen molar-refractivity contribution in [1.29, 1.82) is 0 Å². The van der Waals surface area contributed by atoms with Crippen LogP contribution in [0.25, 0.3) is 6.08 Å². The highest BCUT2D eigenvalue weighted by Gasteiger charge is 2.26. The third kappa shape index (κ3) is 2.53. The van der Waals surface area contributed by atoms with Gasteiger partial charge in [-0.3, -0.25) is 0 Å². The number of aliphatic imine (C=N–C) groups is 1. The van der Waals surface area contributed by atoms with Gasteiger partial charge in [-0.25, -0.2) is 9.79 Å². The fraction of sp³-hybridized carbons (Fsp3) is 0.111. The normalized spacial score (nSPS) is 17.2. The zero-order chi connectivity index (χ0) is 16.7. The number of halogens is 1. The third-order valence-corrected chi connectivity index (χ3v) is 4.11. The van der Waals surface area contributed by atoms with Gasteiger partial charge in [0.1, 0.15) is 0 Å². The van der Waals surface area contributed by atoms with Gasteiger partial charge in [-0.05, 0) is 36.3 Å². The average Bonchev–Trinajstić information content (AvgIpc) is 3.15. The fourth-order valence-electron chi connectivity index (χ4n) is 2.53. The second-order valence-electron chi connectivity index (χ2n) is 5.38. The van der Waals surface area contributed by atoms with Crippen molar-refractivity contribution in [2.24, 2.45) is 4.99 Å². The van der Waals surface area contributed by atoms with Gasteiger partial charge in [-0.15, -0.1) is 0 Å². The van der Waals surface area contributed by atoms with E-state index in [0.717, 1.165) is 11.1 Å². The molecule has 2 aliphatic rings. The summed E-state index contributed by atoms with van der Waals surface area (Å²) >= 11 is 6.23. The van der Waals surface area contributed by atoms with Gasteiger partial charge in [-0.2, -0.15) is 0 Å². The highest BCUT2D eigenvalue weighted by atomic mass is 35.5. The number of carbonyl (C=O) groups is 1. The maximum absolute atomic E-state index is 12.1. The minimum Gasteiger partial charge on any atom is -0.454 e. The van der Waals surface area contributed by atoms with E-state index in [0.29, 0.717) is 28.0 Å². The molecule has 0 N–H and O–H groups in total. The molecule has 0 aromatic heterocycles. The molecule has 2 aromatic carbocycles. The van der Waals surface area contributed by atoms with Crippen LogP contribution >= 0.6 is 11.6 Å². The molecule has 2 aromatic rings. The predicted octanol–water partition coefficient (Wildman–Crippen LogP) is 3.72. The van der Waals surface area contributed by atoms with Crippen LogP contribution in [-0.2, 0) is 9.53 Å². The van der Waals surface area contributed by atoms with Crippen molar-refractivity contribution in [3.63, 3.8) is 0 Å². The van der Waals surface area contributed by atoms with E-state index >= 15 is 0 Å². The van der Waals surface area contributed by atoms with Crippen molar-refractivity contribution in [3.05, 3.63) is 63.8 Å². The Balaban J connectivity index is 1.73. The smallest absolute Gasteiger partial charge is 0.363 e. The molecule has 4 rings (SSSR count). The van der Waals surface area contributed by atoms with Crippen LogP contribution in [0.5, 0.6) is 11.5 Å². The third-order valence-electron chi connectivity index (χ3n) is 3.78. The van der Waals surface area contributed by atoms with Crippen LogP contribution in [0.4, 0.5) is 0 Å². The van der Waals surface area contributed by atoms with Crippen molar-refractivity contribution in [2.45, 2.75) is 6.92 Å². The number of carbonyl (C=O) groups excluding carboxylic acids is 1. The van der Waals surface area contributed by atoms with Crippen molar-refractivity contribution < 1.29 is 19.0 Å². The van der Waals surface area contributed by atoms with E-state index in [1.807, 2.05) is 31.2 Å². The molecular weight excluding hydrogens is 330 g/mol. The number of hydrogen-bond acceptors (Lipinski definition) is 5. The molecular formula is C18H12ClNO4. The van der Waals surface area contributed by atoms with E-state index in [1.54, 1.807) is 18.2 Å². The molecule has 0 bridgehead atoms. The van der Waals surface area contributed by atoms with E-state index in [9.17, 15) is 4.79 Å². The molecule has 0 radical (unpaired) electrons. The molecule has 0 saturated heterocycles. The minimum atomic E-state index is -0.512. The summed E-state index contributed by atoms with van der Waals surface area (Å²) in [6, 6.07) is 10.9. The lowest BCUT2D eigenvalue weighted by atomic mass is 10.1. The Labute approximate surface area is 143 Å². The van der Waals surface area contributed by atoms with Gasteiger partial charge in [0, 0.05) is 11.6 Å². The SMILES string of the molecule is Cc1ccccc1C1=N/C(=C/c2cc3c(cc2Cl)OCO3)C(=O)O1. The lowest BCUT2D eigenvalue weighted by Gasteiger charge is -2.02. The van der Waals surface area contributed by atoms with Crippen LogP contribution in [0, 0.1) is 6.92 Å². The summed E-state index contributed by atoms with van der Waals surface area (Å²) in [7, 11) is 0. The van der Waals surface area contributed by atoms with Gasteiger partial charge in [0.05, 0.1) is 5.02 Å². The van der Waals surface area contributed by atoms with E-state index in [1.165, 1.54) is 0 Å². The fourth-order valence-corrected chi connectivity index (χ4v) is 2.74. The molecule has 2 heterocycles. The summed E-state index contributed by atoms with van der Waals surface area (Å²) in [5, 5.41) is 0.444. The van der Waals surface area contributed by atoms with Gasteiger partial charge in [0.15, 0.2) is 17.2 Å². The molecule has 6 heteroatoms. The number of ether oxygens (including phenoxy) is 3. The Bertz CT molecular complexity index is 917. The highest BCUT2D eigenvalue weighted by molar-refractivity contribution is 6.32. The molecule has 0 fully saturated rings. The van der Waals surface area contributed by atoms with Gasteiger partial charge in [0.2, 0.25) is 12.7 Å². The Morgan fingerprint density at radius 1 is 1.17 bits per heavy atom. The average molecular weight is 342 g/mol. The first-order valence-corrected chi connectivity index (χ1v) is 7.67. The number of hydrogen-bond donors (Lipinski definition) is 0. The van der Waals surface area contributed by atoms with Crippen molar-refractivity contribution >= 4 is 29.5 Å². The first-order chi connectivity index (χ1) is 11.6. The summed E-state index contributed by atoms with van der Waals surface area (Å²) in [6.45, 7) is 2.09. The molecule has 5 nitrogen and oxygen atoms in total. The zero-order valence-corrected chi connectivity index (χ0v) is 13.5. The van der Waals surface area contributed by atoms with Crippen molar-refractivity contribution in [2.75, 3.05) is 6.79 Å².